The molecule has 0 spiro atoms. The second-order valence-corrected chi connectivity index (χ2v) is 1.96. The molecule has 8 heavy (non-hydrogen) atoms. The van der Waals surface area contributed by atoms with Crippen LogP contribution in [0.2, 0.25) is 0 Å². The van der Waals surface area contributed by atoms with Gasteiger partial charge in [0.2, 0.25) is 0 Å². The van der Waals surface area contributed by atoms with Gasteiger partial charge in [-0.05, 0) is 4.83 Å². The Kier molecular flexibility index (Phi) is 1.71. The first-order chi connectivity index (χ1) is 3.42. The molecular formula is H2N2O5S. The van der Waals surface area contributed by atoms with Crippen LogP contribution in [0, 0.1) is 10.1 Å². The van der Waals surface area contributed by atoms with Crippen molar-refractivity contribution in [1.29, 1.82) is 0 Å². The molecule has 0 radical (unpaired) electrons. The molecule has 0 amide bonds. The van der Waals surface area contributed by atoms with Gasteiger partial charge in [0.25, 0.3) is 0 Å². The van der Waals surface area contributed by atoms with Gasteiger partial charge in [0, 0.05) is 0 Å². The third-order valence-electron chi connectivity index (χ3n) is 0.190. The summed E-state index contributed by atoms with van der Waals surface area (Å²) in [4.78, 5) is 9.80. The molecule has 0 saturated heterocycles. The van der Waals surface area contributed by atoms with Gasteiger partial charge < -0.3 is 0 Å². The maximum absolute atomic E-state index is 9.44. The number of hydrogen-bond donors (Lipinski definition) is 2. The molecule has 0 fully saturated rings. The van der Waals surface area contributed by atoms with Crippen molar-refractivity contribution in [3.63, 3.8) is 0 Å². The number of nitrogens with zero attached hydrogens (tertiary/aromatic N) is 1. The van der Waals surface area contributed by atoms with Gasteiger partial charge in [-0.1, -0.05) is 0 Å². The lowest BCUT2D eigenvalue weighted by atomic mass is 12.7. The summed E-state index contributed by atoms with van der Waals surface area (Å²) in [7, 11) is -4.67. The van der Waals surface area contributed by atoms with E-state index in [9.17, 15) is 18.5 Å². The Hall–Kier alpha value is -0.890. The molecule has 0 rings (SSSR count). The van der Waals surface area contributed by atoms with Crippen LogP contribution in [0.1, 0.15) is 0 Å². The summed E-state index contributed by atoms with van der Waals surface area (Å²) in [6.45, 7) is 0. The van der Waals surface area contributed by atoms with Crippen LogP contribution >= 0.6 is 0 Å². The second kappa shape index (κ2) is 1.92. The molecule has 0 bridgehead atoms. The van der Waals surface area contributed by atoms with Gasteiger partial charge in [0.05, 0.1) is 0 Å². The summed E-state index contributed by atoms with van der Waals surface area (Å²) >= 11 is 0. The number of nitro groups is 1. The zero-order valence-electron chi connectivity index (χ0n) is 3.44. The molecule has 0 aromatic carbocycles. The Labute approximate surface area is 44.3 Å². The highest BCUT2D eigenvalue weighted by molar-refractivity contribution is 7.83. The van der Waals surface area contributed by atoms with Crippen LogP contribution in [0.3, 0.4) is 0 Å². The van der Waals surface area contributed by atoms with E-state index < -0.39 is 15.3 Å². The predicted molar refractivity (Wildman–Crippen MR) is 21.7 cm³/mol. The summed E-state index contributed by atoms with van der Waals surface area (Å²) < 4.78 is 26.5. The van der Waals surface area contributed by atoms with E-state index in [4.69, 9.17) is 4.55 Å². The third-order valence-corrected chi connectivity index (χ3v) is 0.570. The fourth-order valence-electron chi connectivity index (χ4n) is 0.0942. The van der Waals surface area contributed by atoms with Crippen molar-refractivity contribution in [2.45, 2.75) is 0 Å². The topological polar surface area (TPSA) is 110 Å². The summed E-state index contributed by atoms with van der Waals surface area (Å²) in [6.07, 6.45) is 0. The summed E-state index contributed by atoms with van der Waals surface area (Å²) in [5.74, 6) is 0. The molecule has 0 atom stereocenters. The molecule has 0 heterocycles. The highest BCUT2D eigenvalue weighted by Gasteiger charge is 2.07. The SMILES string of the molecule is O=[N+]([O-])NS(=O)(=O)O. The molecule has 0 saturated carbocycles. The molecule has 0 aliphatic carbocycles. The number of rotatable bonds is 2. The molecule has 0 aromatic rings. The zero-order valence-corrected chi connectivity index (χ0v) is 4.25. The number of hydrazine groups is 1. The van der Waals surface area contributed by atoms with Gasteiger partial charge in [-0.25, -0.2) is 10.1 Å². The van der Waals surface area contributed by atoms with Gasteiger partial charge in [-0.2, -0.15) is 8.42 Å². The Balaban J connectivity index is 3.95. The van der Waals surface area contributed by atoms with E-state index in [-0.39, 0.29) is 0 Å². The molecule has 8 heteroatoms. The lowest BCUT2D eigenvalue weighted by molar-refractivity contribution is -0.519. The average molecular weight is 142 g/mol. The zero-order chi connectivity index (χ0) is 6.78. The monoisotopic (exact) mass is 142 g/mol. The molecule has 7 nitrogen and oxygen atoms in total. The van der Waals surface area contributed by atoms with Crippen LogP contribution in [-0.2, 0) is 10.3 Å². The van der Waals surface area contributed by atoms with Crippen molar-refractivity contribution in [3.05, 3.63) is 10.1 Å². The predicted octanol–water partition coefficient (Wildman–Crippen LogP) is -1.43. The number of hydrogen-bond acceptors (Lipinski definition) is 4. The molecule has 2 N–H and O–H groups in total. The third kappa shape index (κ3) is 5.11. The minimum absolute atomic E-state index is 0.632. The van der Waals surface area contributed by atoms with Crippen molar-refractivity contribution in [2.75, 3.05) is 0 Å². The van der Waals surface area contributed by atoms with E-state index in [1.54, 1.807) is 0 Å². The van der Waals surface area contributed by atoms with E-state index in [1.807, 2.05) is 0 Å². The van der Waals surface area contributed by atoms with Crippen molar-refractivity contribution in [1.82, 2.24) is 4.83 Å². The highest BCUT2D eigenvalue weighted by Crippen LogP contribution is 1.68. The van der Waals surface area contributed by atoms with Crippen molar-refractivity contribution in [2.24, 2.45) is 0 Å². The van der Waals surface area contributed by atoms with Gasteiger partial charge in [-0.15, -0.1) is 0 Å². The Bertz CT molecular complexity index is 177. The van der Waals surface area contributed by atoms with E-state index in [0.29, 0.717) is 4.83 Å². The van der Waals surface area contributed by atoms with Gasteiger partial charge in [-0.3, -0.25) is 4.55 Å². The minimum atomic E-state index is -4.67. The van der Waals surface area contributed by atoms with Crippen molar-refractivity contribution >= 4 is 10.3 Å². The number of nitrogens with one attached hydrogen (secondary N) is 1. The van der Waals surface area contributed by atoms with Gasteiger partial charge >= 0.3 is 10.3 Å². The molecule has 48 valence electrons. The van der Waals surface area contributed by atoms with Crippen molar-refractivity contribution < 1.29 is 18.0 Å². The fraction of sp³-hybridized carbons (Fsp3) is 0. The Morgan fingerprint density at radius 1 is 1.62 bits per heavy atom. The van der Waals surface area contributed by atoms with E-state index in [2.05, 4.69) is 0 Å². The van der Waals surface area contributed by atoms with Crippen LogP contribution in [0.4, 0.5) is 0 Å². The van der Waals surface area contributed by atoms with Gasteiger partial charge in [0.1, 0.15) is 0 Å². The summed E-state index contributed by atoms with van der Waals surface area (Å²) in [5, 5.41) is 7.79. The first-order valence-electron chi connectivity index (χ1n) is 1.31. The van der Waals surface area contributed by atoms with Crippen LogP contribution in [0.5, 0.6) is 0 Å². The van der Waals surface area contributed by atoms with E-state index in [0.717, 1.165) is 0 Å². The standard InChI is InChI=1S/H2N2O5S/c3-2(4)1-8(5,6)7/h1H,(H,5,6,7). The van der Waals surface area contributed by atoms with Gasteiger partial charge in [0.15, 0.2) is 5.03 Å². The fourth-order valence-corrected chi connectivity index (χ4v) is 0.283. The highest BCUT2D eigenvalue weighted by atomic mass is 32.2. The molecule has 0 aliphatic heterocycles. The molecule has 0 unspecified atom stereocenters. The van der Waals surface area contributed by atoms with E-state index >= 15 is 0 Å². The lowest BCUT2D eigenvalue weighted by Gasteiger charge is -1.86. The first-order valence-corrected chi connectivity index (χ1v) is 2.75. The van der Waals surface area contributed by atoms with Crippen LogP contribution in [0.15, 0.2) is 0 Å². The first kappa shape index (κ1) is 7.11. The second-order valence-electron chi connectivity index (χ2n) is 0.823. The smallest absolute Gasteiger partial charge is 0.266 e. The average Bonchev–Trinajstić information content (AvgIpc) is 1.21. The largest absolute Gasteiger partial charge is 0.407 e. The quantitative estimate of drug-likeness (QED) is 0.279. The maximum atomic E-state index is 9.44. The van der Waals surface area contributed by atoms with Crippen LogP contribution in [0.25, 0.3) is 0 Å². The Morgan fingerprint density at radius 2 is 2.00 bits per heavy atom. The van der Waals surface area contributed by atoms with E-state index in [1.165, 1.54) is 0 Å². The summed E-state index contributed by atoms with van der Waals surface area (Å²) in [5.41, 5.74) is 0. The van der Waals surface area contributed by atoms with Crippen LogP contribution < -0.4 is 4.83 Å². The molecular weight excluding hydrogens is 140 g/mol. The maximum Gasteiger partial charge on any atom is 0.407 e. The minimum Gasteiger partial charge on any atom is -0.266 e. The molecule has 0 aromatic heterocycles. The Morgan fingerprint density at radius 3 is 2.00 bits per heavy atom. The lowest BCUT2D eigenvalue weighted by Crippen LogP contribution is -2.28. The summed E-state index contributed by atoms with van der Waals surface area (Å²) in [6, 6.07) is 0. The molecule has 0 aliphatic rings. The van der Waals surface area contributed by atoms with Crippen molar-refractivity contribution in [3.8, 4) is 0 Å². The van der Waals surface area contributed by atoms with Crippen LogP contribution in [-0.4, -0.2) is 18.0 Å². The normalized spacial score (nSPS) is 10.6.